The molecule has 2 aromatic rings. The number of nitrogens with one attached hydrogen (secondary N) is 1. The third-order valence-corrected chi connectivity index (χ3v) is 4.51. The van der Waals surface area contributed by atoms with Crippen LogP contribution >= 0.6 is 11.6 Å². The van der Waals surface area contributed by atoms with Gasteiger partial charge in [0, 0.05) is 42.6 Å². The lowest BCUT2D eigenvalue weighted by molar-refractivity contribution is -0.129. The van der Waals surface area contributed by atoms with E-state index in [1.54, 1.807) is 0 Å². The van der Waals surface area contributed by atoms with Gasteiger partial charge in [-0.3, -0.25) is 4.79 Å². The summed E-state index contributed by atoms with van der Waals surface area (Å²) < 4.78 is 0. The molecule has 6 nitrogen and oxygen atoms in total. The van der Waals surface area contributed by atoms with E-state index in [1.165, 1.54) is 0 Å². The molecule has 0 radical (unpaired) electrons. The Kier molecular flexibility index (Phi) is 5.96. The van der Waals surface area contributed by atoms with Gasteiger partial charge in [0.15, 0.2) is 5.96 Å². The Labute approximate surface area is 158 Å². The zero-order valence-corrected chi connectivity index (χ0v) is 15.2. The SMILES string of the molecule is NC(=NCC(=O)N1CCN(c2ccc(Cl)cc2)CC1)Nc1ccccc1. The van der Waals surface area contributed by atoms with Gasteiger partial charge in [0.1, 0.15) is 6.54 Å². The summed E-state index contributed by atoms with van der Waals surface area (Å²) in [7, 11) is 0. The number of rotatable bonds is 4. The van der Waals surface area contributed by atoms with Crippen LogP contribution in [0, 0.1) is 0 Å². The molecule has 0 saturated carbocycles. The van der Waals surface area contributed by atoms with Crippen LogP contribution in [0.25, 0.3) is 0 Å². The molecule has 1 amide bonds. The van der Waals surface area contributed by atoms with Crippen molar-refractivity contribution in [2.45, 2.75) is 0 Å². The molecule has 0 spiro atoms. The van der Waals surface area contributed by atoms with Gasteiger partial charge in [-0.2, -0.15) is 0 Å². The second-order valence-corrected chi connectivity index (χ2v) is 6.47. The zero-order valence-electron chi connectivity index (χ0n) is 14.4. The molecule has 1 aliphatic rings. The Hall–Kier alpha value is -2.73. The summed E-state index contributed by atoms with van der Waals surface area (Å²) in [5.74, 6) is 0.225. The number of halogens is 1. The lowest BCUT2D eigenvalue weighted by Crippen LogP contribution is -2.49. The number of anilines is 2. The standard InChI is InChI=1S/C19H22ClN5O/c20-15-6-8-17(9-7-15)24-10-12-25(13-11-24)18(26)14-22-19(21)23-16-4-2-1-3-5-16/h1-9H,10-14H2,(H3,21,22,23). The summed E-state index contributed by atoms with van der Waals surface area (Å²) in [6, 6.07) is 17.3. The number of para-hydroxylation sites is 1. The minimum Gasteiger partial charge on any atom is -0.370 e. The van der Waals surface area contributed by atoms with Gasteiger partial charge < -0.3 is 20.9 Å². The van der Waals surface area contributed by atoms with Crippen LogP contribution in [0.5, 0.6) is 0 Å². The van der Waals surface area contributed by atoms with Gasteiger partial charge in [-0.1, -0.05) is 29.8 Å². The largest absolute Gasteiger partial charge is 0.370 e. The molecule has 2 aromatic carbocycles. The average molecular weight is 372 g/mol. The van der Waals surface area contributed by atoms with Crippen LogP contribution < -0.4 is 16.0 Å². The first-order valence-corrected chi connectivity index (χ1v) is 8.90. The molecule has 3 N–H and O–H groups in total. The molecule has 1 fully saturated rings. The van der Waals surface area contributed by atoms with Gasteiger partial charge in [-0.15, -0.1) is 0 Å². The van der Waals surface area contributed by atoms with E-state index in [4.69, 9.17) is 17.3 Å². The van der Waals surface area contributed by atoms with Crippen LogP contribution in [0.2, 0.25) is 5.02 Å². The van der Waals surface area contributed by atoms with E-state index in [-0.39, 0.29) is 18.4 Å². The van der Waals surface area contributed by atoms with Gasteiger partial charge in [0.25, 0.3) is 0 Å². The van der Waals surface area contributed by atoms with Gasteiger partial charge in [-0.05, 0) is 36.4 Å². The van der Waals surface area contributed by atoms with Crippen LogP contribution in [0.15, 0.2) is 59.6 Å². The van der Waals surface area contributed by atoms with Gasteiger partial charge in [0.05, 0.1) is 0 Å². The number of hydrogen-bond acceptors (Lipinski definition) is 3. The minimum absolute atomic E-state index is 0.0152. The van der Waals surface area contributed by atoms with E-state index in [1.807, 2.05) is 59.5 Å². The highest BCUT2D eigenvalue weighted by atomic mass is 35.5. The number of nitrogens with two attached hydrogens (primary N) is 1. The quantitative estimate of drug-likeness (QED) is 0.639. The van der Waals surface area contributed by atoms with Crippen LogP contribution in [0.3, 0.4) is 0 Å². The Bertz CT molecular complexity index is 755. The molecule has 0 aromatic heterocycles. The van der Waals surface area contributed by atoms with Crippen molar-refractivity contribution in [1.82, 2.24) is 4.90 Å². The Morgan fingerprint density at radius 3 is 2.35 bits per heavy atom. The highest BCUT2D eigenvalue weighted by Crippen LogP contribution is 2.19. The summed E-state index contributed by atoms with van der Waals surface area (Å²) in [5, 5.41) is 3.70. The molecule has 0 atom stereocenters. The first-order chi connectivity index (χ1) is 12.6. The zero-order chi connectivity index (χ0) is 18.4. The molecular weight excluding hydrogens is 350 g/mol. The molecule has 136 valence electrons. The van der Waals surface area contributed by atoms with E-state index in [2.05, 4.69) is 15.2 Å². The molecule has 7 heteroatoms. The van der Waals surface area contributed by atoms with Gasteiger partial charge in [0.2, 0.25) is 5.91 Å². The van der Waals surface area contributed by atoms with E-state index in [0.717, 1.165) is 29.5 Å². The first-order valence-electron chi connectivity index (χ1n) is 8.52. The fourth-order valence-corrected chi connectivity index (χ4v) is 2.95. The predicted molar refractivity (Wildman–Crippen MR) is 107 cm³/mol. The molecule has 3 rings (SSSR count). The van der Waals surface area contributed by atoms with Crippen LogP contribution in [0.4, 0.5) is 11.4 Å². The fraction of sp³-hybridized carbons (Fsp3) is 0.263. The molecule has 0 unspecified atom stereocenters. The molecule has 1 saturated heterocycles. The maximum atomic E-state index is 12.3. The van der Waals surface area contributed by atoms with Crippen molar-refractivity contribution in [1.29, 1.82) is 0 Å². The predicted octanol–water partition coefficient (Wildman–Crippen LogP) is 2.42. The minimum atomic E-state index is -0.0152. The van der Waals surface area contributed by atoms with E-state index < -0.39 is 0 Å². The highest BCUT2D eigenvalue weighted by Gasteiger charge is 2.21. The van der Waals surface area contributed by atoms with Crippen molar-refractivity contribution in [3.63, 3.8) is 0 Å². The number of amides is 1. The molecule has 1 aliphatic heterocycles. The second-order valence-electron chi connectivity index (χ2n) is 6.04. The van der Waals surface area contributed by atoms with Crippen molar-refractivity contribution < 1.29 is 4.79 Å². The van der Waals surface area contributed by atoms with E-state index in [9.17, 15) is 4.79 Å². The Morgan fingerprint density at radius 2 is 1.69 bits per heavy atom. The number of guanidine groups is 1. The molecule has 0 bridgehead atoms. The van der Waals surface area contributed by atoms with Gasteiger partial charge in [-0.25, -0.2) is 4.99 Å². The van der Waals surface area contributed by atoms with E-state index >= 15 is 0 Å². The number of benzene rings is 2. The molecule has 1 heterocycles. The number of hydrogen-bond donors (Lipinski definition) is 2. The summed E-state index contributed by atoms with van der Waals surface area (Å²) in [4.78, 5) is 20.6. The monoisotopic (exact) mass is 371 g/mol. The first kappa shape index (κ1) is 18.1. The average Bonchev–Trinajstić information content (AvgIpc) is 2.68. The topological polar surface area (TPSA) is 74.0 Å². The number of carbonyl (C=O) groups is 1. The molecule has 26 heavy (non-hydrogen) atoms. The maximum absolute atomic E-state index is 12.3. The summed E-state index contributed by atoms with van der Waals surface area (Å²) in [6.45, 7) is 2.96. The lowest BCUT2D eigenvalue weighted by Gasteiger charge is -2.36. The Morgan fingerprint density at radius 1 is 1.04 bits per heavy atom. The third-order valence-electron chi connectivity index (χ3n) is 4.26. The van der Waals surface area contributed by atoms with Crippen molar-refractivity contribution in [2.24, 2.45) is 10.7 Å². The maximum Gasteiger partial charge on any atom is 0.244 e. The lowest BCUT2D eigenvalue weighted by atomic mass is 10.2. The number of nitrogens with zero attached hydrogens (tertiary/aromatic N) is 3. The third kappa shape index (κ3) is 4.89. The Balaban J connectivity index is 1.47. The van der Waals surface area contributed by atoms with Crippen LogP contribution in [0.1, 0.15) is 0 Å². The number of aliphatic imine (C=N–C) groups is 1. The van der Waals surface area contributed by atoms with Crippen molar-refractivity contribution in [2.75, 3.05) is 42.9 Å². The number of carbonyl (C=O) groups excluding carboxylic acids is 1. The summed E-state index contributed by atoms with van der Waals surface area (Å²) in [6.07, 6.45) is 0. The number of piperazine rings is 1. The van der Waals surface area contributed by atoms with Crippen molar-refractivity contribution >= 4 is 34.8 Å². The molecular formula is C19H22ClN5O. The summed E-state index contributed by atoms with van der Waals surface area (Å²) in [5.41, 5.74) is 7.81. The molecule has 0 aliphatic carbocycles. The van der Waals surface area contributed by atoms with Gasteiger partial charge >= 0.3 is 0 Å². The highest BCUT2D eigenvalue weighted by molar-refractivity contribution is 6.30. The van der Waals surface area contributed by atoms with E-state index in [0.29, 0.717) is 13.1 Å². The normalized spacial score (nSPS) is 15.0. The second kappa shape index (κ2) is 8.58. The van der Waals surface area contributed by atoms with Crippen molar-refractivity contribution in [3.05, 3.63) is 59.6 Å². The van der Waals surface area contributed by atoms with Crippen LogP contribution in [-0.4, -0.2) is 49.5 Å². The smallest absolute Gasteiger partial charge is 0.244 e. The fourth-order valence-electron chi connectivity index (χ4n) is 2.83. The van der Waals surface area contributed by atoms with Crippen LogP contribution in [-0.2, 0) is 4.79 Å². The summed E-state index contributed by atoms with van der Waals surface area (Å²) >= 11 is 5.93. The van der Waals surface area contributed by atoms with Crippen molar-refractivity contribution in [3.8, 4) is 0 Å².